The number of hydrogen-bond acceptors (Lipinski definition) is 3. The Bertz CT molecular complexity index is 200. The quantitative estimate of drug-likeness (QED) is 0.758. The van der Waals surface area contributed by atoms with Crippen LogP contribution in [-0.4, -0.2) is 50.3 Å². The predicted molar refractivity (Wildman–Crippen MR) is 62.1 cm³/mol. The topological polar surface area (TPSA) is 24.5 Å². The van der Waals surface area contributed by atoms with E-state index in [2.05, 4.69) is 24.1 Å². The van der Waals surface area contributed by atoms with Crippen LogP contribution in [0.2, 0.25) is 0 Å². The van der Waals surface area contributed by atoms with Gasteiger partial charge in [-0.05, 0) is 31.3 Å². The zero-order valence-corrected chi connectivity index (χ0v) is 10.1. The van der Waals surface area contributed by atoms with E-state index in [-0.39, 0.29) is 0 Å². The van der Waals surface area contributed by atoms with Gasteiger partial charge in [0.2, 0.25) is 0 Å². The third-order valence-corrected chi connectivity index (χ3v) is 3.55. The number of nitrogens with zero attached hydrogens (tertiary/aromatic N) is 1. The van der Waals surface area contributed by atoms with Crippen LogP contribution in [-0.2, 0) is 4.74 Å². The van der Waals surface area contributed by atoms with Crippen molar-refractivity contribution in [2.24, 2.45) is 5.41 Å². The van der Waals surface area contributed by atoms with E-state index in [1.54, 1.807) is 0 Å². The molecular weight excluding hydrogens is 188 g/mol. The maximum Gasteiger partial charge on any atom is 0.0620 e. The SMILES string of the molecule is CC1(C)CCN(CCC2COCCN2)C1. The molecule has 0 saturated carbocycles. The minimum Gasteiger partial charge on any atom is -0.379 e. The maximum atomic E-state index is 5.46. The van der Waals surface area contributed by atoms with Gasteiger partial charge in [-0.3, -0.25) is 0 Å². The van der Waals surface area contributed by atoms with Gasteiger partial charge in [0.25, 0.3) is 0 Å². The molecule has 0 bridgehead atoms. The number of hydrogen-bond donors (Lipinski definition) is 1. The Kier molecular flexibility index (Phi) is 3.65. The summed E-state index contributed by atoms with van der Waals surface area (Å²) in [6.45, 7) is 11.3. The fraction of sp³-hybridized carbons (Fsp3) is 1.00. The fourth-order valence-corrected chi connectivity index (χ4v) is 2.56. The Morgan fingerprint density at radius 1 is 1.47 bits per heavy atom. The highest BCUT2D eigenvalue weighted by atomic mass is 16.5. The van der Waals surface area contributed by atoms with E-state index in [0.29, 0.717) is 11.5 Å². The first kappa shape index (κ1) is 11.4. The molecule has 2 aliphatic rings. The average Bonchev–Trinajstić information content (AvgIpc) is 2.57. The Balaban J connectivity index is 1.65. The Morgan fingerprint density at radius 3 is 2.93 bits per heavy atom. The van der Waals surface area contributed by atoms with E-state index >= 15 is 0 Å². The largest absolute Gasteiger partial charge is 0.379 e. The molecule has 0 spiro atoms. The lowest BCUT2D eigenvalue weighted by Crippen LogP contribution is -2.43. The molecule has 88 valence electrons. The van der Waals surface area contributed by atoms with E-state index < -0.39 is 0 Å². The zero-order valence-electron chi connectivity index (χ0n) is 10.1. The average molecular weight is 212 g/mol. The van der Waals surface area contributed by atoms with Crippen LogP contribution >= 0.6 is 0 Å². The van der Waals surface area contributed by atoms with Gasteiger partial charge in [0.15, 0.2) is 0 Å². The van der Waals surface area contributed by atoms with Gasteiger partial charge >= 0.3 is 0 Å². The Morgan fingerprint density at radius 2 is 2.33 bits per heavy atom. The summed E-state index contributed by atoms with van der Waals surface area (Å²) in [5, 5.41) is 3.51. The molecule has 15 heavy (non-hydrogen) atoms. The monoisotopic (exact) mass is 212 g/mol. The highest BCUT2D eigenvalue weighted by Gasteiger charge is 2.29. The summed E-state index contributed by atoms with van der Waals surface area (Å²) in [5.74, 6) is 0. The molecule has 2 fully saturated rings. The van der Waals surface area contributed by atoms with Crippen LogP contribution in [0.3, 0.4) is 0 Å². The summed E-state index contributed by atoms with van der Waals surface area (Å²) in [4.78, 5) is 2.59. The van der Waals surface area contributed by atoms with Gasteiger partial charge in [0.05, 0.1) is 13.2 Å². The minimum atomic E-state index is 0.538. The number of morpholine rings is 1. The van der Waals surface area contributed by atoms with E-state index in [4.69, 9.17) is 4.74 Å². The lowest BCUT2D eigenvalue weighted by Gasteiger charge is -2.26. The molecule has 0 aromatic heterocycles. The van der Waals surface area contributed by atoms with Crippen LogP contribution in [0.25, 0.3) is 0 Å². The molecule has 2 aliphatic heterocycles. The molecule has 3 nitrogen and oxygen atoms in total. The van der Waals surface area contributed by atoms with Crippen LogP contribution in [0.5, 0.6) is 0 Å². The Labute approximate surface area is 93.2 Å². The van der Waals surface area contributed by atoms with Crippen LogP contribution in [0.4, 0.5) is 0 Å². The van der Waals surface area contributed by atoms with Crippen molar-refractivity contribution in [2.75, 3.05) is 39.4 Å². The third kappa shape index (κ3) is 3.44. The van der Waals surface area contributed by atoms with E-state index in [0.717, 1.165) is 19.8 Å². The minimum absolute atomic E-state index is 0.538. The van der Waals surface area contributed by atoms with Crippen molar-refractivity contribution in [1.29, 1.82) is 0 Å². The lowest BCUT2D eigenvalue weighted by atomic mass is 9.93. The molecule has 0 aromatic rings. The number of likely N-dealkylation sites (tertiary alicyclic amines) is 1. The first-order valence-electron chi connectivity index (χ1n) is 6.19. The molecule has 2 saturated heterocycles. The second-order valence-corrected chi connectivity index (χ2v) is 5.70. The third-order valence-electron chi connectivity index (χ3n) is 3.55. The van der Waals surface area contributed by atoms with Crippen LogP contribution < -0.4 is 5.32 Å². The molecule has 1 atom stereocenters. The van der Waals surface area contributed by atoms with Crippen molar-refractivity contribution in [3.63, 3.8) is 0 Å². The summed E-state index contributed by atoms with van der Waals surface area (Å²) in [6, 6.07) is 0.586. The van der Waals surface area contributed by atoms with Crippen LogP contribution in [0.15, 0.2) is 0 Å². The summed E-state index contributed by atoms with van der Waals surface area (Å²) in [6.07, 6.45) is 2.58. The van der Waals surface area contributed by atoms with E-state index in [1.165, 1.54) is 32.5 Å². The van der Waals surface area contributed by atoms with Crippen molar-refractivity contribution >= 4 is 0 Å². The number of rotatable bonds is 3. The number of nitrogens with one attached hydrogen (secondary N) is 1. The highest BCUT2D eigenvalue weighted by Crippen LogP contribution is 2.28. The molecule has 0 radical (unpaired) electrons. The zero-order chi connectivity index (χ0) is 10.7. The smallest absolute Gasteiger partial charge is 0.0620 e. The first-order valence-corrected chi connectivity index (χ1v) is 6.19. The van der Waals surface area contributed by atoms with Crippen molar-refractivity contribution in [1.82, 2.24) is 10.2 Å². The van der Waals surface area contributed by atoms with Gasteiger partial charge in [0.1, 0.15) is 0 Å². The molecule has 1 unspecified atom stereocenters. The molecule has 1 N–H and O–H groups in total. The second-order valence-electron chi connectivity index (χ2n) is 5.70. The summed E-state index contributed by atoms with van der Waals surface area (Å²) < 4.78 is 5.46. The van der Waals surface area contributed by atoms with Crippen molar-refractivity contribution in [2.45, 2.75) is 32.7 Å². The van der Waals surface area contributed by atoms with Crippen molar-refractivity contribution in [3.05, 3.63) is 0 Å². The molecule has 0 amide bonds. The standard InChI is InChI=1S/C12H24N2O/c1-12(2)4-7-14(10-12)6-3-11-9-15-8-5-13-11/h11,13H,3-10H2,1-2H3. The van der Waals surface area contributed by atoms with Gasteiger partial charge in [-0.1, -0.05) is 13.8 Å². The molecule has 0 aliphatic carbocycles. The highest BCUT2D eigenvalue weighted by molar-refractivity contribution is 4.83. The van der Waals surface area contributed by atoms with Gasteiger partial charge in [-0.25, -0.2) is 0 Å². The maximum absolute atomic E-state index is 5.46. The molecule has 2 rings (SSSR count). The number of ether oxygens (including phenoxy) is 1. The molecule has 0 aromatic carbocycles. The van der Waals surface area contributed by atoms with Gasteiger partial charge < -0.3 is 15.0 Å². The lowest BCUT2D eigenvalue weighted by molar-refractivity contribution is 0.0706. The second kappa shape index (κ2) is 4.81. The Hall–Kier alpha value is -0.120. The molecule has 3 heteroatoms. The molecule has 2 heterocycles. The van der Waals surface area contributed by atoms with Gasteiger partial charge in [-0.2, -0.15) is 0 Å². The summed E-state index contributed by atoms with van der Waals surface area (Å²) in [7, 11) is 0. The van der Waals surface area contributed by atoms with Gasteiger partial charge in [-0.15, -0.1) is 0 Å². The summed E-state index contributed by atoms with van der Waals surface area (Å²) >= 11 is 0. The van der Waals surface area contributed by atoms with Crippen LogP contribution in [0, 0.1) is 5.41 Å². The summed E-state index contributed by atoms with van der Waals surface area (Å²) in [5.41, 5.74) is 0.538. The first-order chi connectivity index (χ1) is 7.16. The normalized spacial score (nSPS) is 32.0. The predicted octanol–water partition coefficient (Wildman–Crippen LogP) is 1.10. The van der Waals surface area contributed by atoms with Crippen molar-refractivity contribution < 1.29 is 4.74 Å². The van der Waals surface area contributed by atoms with E-state index in [1.807, 2.05) is 0 Å². The van der Waals surface area contributed by atoms with Gasteiger partial charge in [0, 0.05) is 19.1 Å². The van der Waals surface area contributed by atoms with Crippen LogP contribution in [0.1, 0.15) is 26.7 Å². The fourth-order valence-electron chi connectivity index (χ4n) is 2.56. The van der Waals surface area contributed by atoms with Crippen molar-refractivity contribution in [3.8, 4) is 0 Å². The molecular formula is C12H24N2O. The van der Waals surface area contributed by atoms with E-state index in [9.17, 15) is 0 Å².